The van der Waals surface area contributed by atoms with E-state index in [1.165, 1.54) is 0 Å². The van der Waals surface area contributed by atoms with Crippen molar-refractivity contribution in [3.05, 3.63) is 78.1 Å². The monoisotopic (exact) mass is 411 g/mol. The molecule has 7 nitrogen and oxygen atoms in total. The molecule has 0 aliphatic carbocycles. The number of benzene rings is 3. The van der Waals surface area contributed by atoms with Crippen LogP contribution in [0.5, 0.6) is 5.75 Å². The normalized spacial score (nSPS) is 12.2. The first-order valence-electron chi connectivity index (χ1n) is 10.0. The van der Waals surface area contributed by atoms with E-state index in [1.807, 2.05) is 73.7 Å². The highest BCUT2D eigenvalue weighted by Gasteiger charge is 2.18. The highest BCUT2D eigenvalue weighted by Crippen LogP contribution is 2.30. The lowest BCUT2D eigenvalue weighted by Crippen LogP contribution is -2.27. The molecule has 3 N–H and O–H groups in total. The van der Waals surface area contributed by atoms with E-state index >= 15 is 0 Å². The Morgan fingerprint density at radius 3 is 2.39 bits per heavy atom. The van der Waals surface area contributed by atoms with Gasteiger partial charge in [-0.15, -0.1) is 0 Å². The Kier molecular flexibility index (Phi) is 4.63. The number of ether oxygens (including phenoxy) is 1. The number of nitrogens with one attached hydrogen (secondary N) is 3. The molecule has 31 heavy (non-hydrogen) atoms. The summed E-state index contributed by atoms with van der Waals surface area (Å²) in [6.45, 7) is 1.94. The summed E-state index contributed by atoms with van der Waals surface area (Å²) in [6.07, 6.45) is 0. The number of imidazole rings is 1. The van der Waals surface area contributed by atoms with E-state index in [-0.39, 0.29) is 17.8 Å². The summed E-state index contributed by atoms with van der Waals surface area (Å²) in [5.74, 6) is 0.673. The van der Waals surface area contributed by atoms with Gasteiger partial charge in [0.15, 0.2) is 0 Å². The van der Waals surface area contributed by atoms with Gasteiger partial charge in [-0.25, -0.2) is 9.97 Å². The van der Waals surface area contributed by atoms with Crippen LogP contribution in [0.25, 0.3) is 33.2 Å². The molecule has 5 aromatic rings. The maximum absolute atomic E-state index is 12.7. The number of H-pyrrole nitrogens is 2. The average molecular weight is 411 g/mol. The first-order chi connectivity index (χ1) is 15.1. The summed E-state index contributed by atoms with van der Waals surface area (Å²) in [7, 11) is 1.64. The van der Waals surface area contributed by atoms with Crippen LogP contribution in [-0.4, -0.2) is 33.2 Å². The van der Waals surface area contributed by atoms with Gasteiger partial charge in [-0.05, 0) is 48.9 Å². The van der Waals surface area contributed by atoms with Gasteiger partial charge in [-0.3, -0.25) is 9.89 Å². The van der Waals surface area contributed by atoms with Crippen LogP contribution in [0.4, 0.5) is 0 Å². The highest BCUT2D eigenvalue weighted by atomic mass is 16.5. The number of carbonyl (C=O) groups is 1. The van der Waals surface area contributed by atoms with Crippen molar-refractivity contribution in [1.82, 2.24) is 25.5 Å². The molecule has 5 rings (SSSR count). The lowest BCUT2D eigenvalue weighted by atomic mass is 10.1. The molecule has 0 fully saturated rings. The van der Waals surface area contributed by atoms with Crippen LogP contribution in [0.1, 0.15) is 29.1 Å². The summed E-state index contributed by atoms with van der Waals surface area (Å²) in [5.41, 5.74) is 5.21. The molecule has 0 aliphatic rings. The van der Waals surface area contributed by atoms with Gasteiger partial charge in [0.25, 0.3) is 5.91 Å². The molecule has 0 saturated carbocycles. The lowest BCUT2D eigenvalue weighted by Gasteiger charge is -2.12. The number of hydrogen-bond donors (Lipinski definition) is 3. The summed E-state index contributed by atoms with van der Waals surface area (Å²) in [5, 5.41) is 10.3. The molecule has 0 radical (unpaired) electrons. The second-order valence-corrected chi connectivity index (χ2v) is 7.39. The molecule has 0 bridgehead atoms. The Morgan fingerprint density at radius 1 is 0.968 bits per heavy atom. The number of aromatic amines is 2. The van der Waals surface area contributed by atoms with Crippen LogP contribution in [0.2, 0.25) is 0 Å². The Morgan fingerprint density at radius 2 is 1.68 bits per heavy atom. The molecule has 0 saturated heterocycles. The Bertz CT molecular complexity index is 1370. The predicted molar refractivity (Wildman–Crippen MR) is 120 cm³/mol. The maximum atomic E-state index is 12.7. The van der Waals surface area contributed by atoms with Crippen LogP contribution in [0.15, 0.2) is 66.7 Å². The molecule has 3 aromatic carbocycles. The fourth-order valence-electron chi connectivity index (χ4n) is 3.69. The number of rotatable bonds is 5. The average Bonchev–Trinajstić information content (AvgIpc) is 3.41. The molecule has 2 heterocycles. The standard InChI is InChI=1S/C24H21N5O2/c1-14(15-6-4-3-5-7-15)25-24(30)23-26-20-12-18-19(13-21(20)27-23)28-29-22(18)16-8-10-17(31-2)11-9-16/h3-14,28-29H,1-2H3,(H,25,30). The van der Waals surface area contributed by atoms with Gasteiger partial charge in [0.05, 0.1) is 35.4 Å². The van der Waals surface area contributed by atoms with Crippen LogP contribution >= 0.6 is 0 Å². The quantitative estimate of drug-likeness (QED) is 0.394. The van der Waals surface area contributed by atoms with Crippen LogP contribution in [0.3, 0.4) is 0 Å². The van der Waals surface area contributed by atoms with Crippen molar-refractivity contribution in [3.8, 4) is 17.0 Å². The van der Waals surface area contributed by atoms with E-state index in [4.69, 9.17) is 4.74 Å². The number of methoxy groups -OCH3 is 1. The van der Waals surface area contributed by atoms with Crippen molar-refractivity contribution >= 4 is 27.8 Å². The fourth-order valence-corrected chi connectivity index (χ4v) is 3.69. The molecule has 154 valence electrons. The molecule has 1 unspecified atom stereocenters. The van der Waals surface area contributed by atoms with Crippen LogP contribution < -0.4 is 10.1 Å². The molecular weight excluding hydrogens is 390 g/mol. The molecular formula is C24H21N5O2. The number of fused-ring (bicyclic) bond motifs is 2. The molecule has 1 amide bonds. The smallest absolute Gasteiger partial charge is 0.289 e. The van der Waals surface area contributed by atoms with E-state index in [2.05, 4.69) is 25.5 Å². The highest BCUT2D eigenvalue weighted by molar-refractivity contribution is 6.02. The SMILES string of the molecule is COc1ccc(-c2[nH][nH]c3cc4nc(C(=O)NC(C)c5ccccc5)nc4cc23)cc1. The Labute approximate surface area is 178 Å². The van der Waals surface area contributed by atoms with Crippen molar-refractivity contribution in [3.63, 3.8) is 0 Å². The summed E-state index contributed by atoms with van der Waals surface area (Å²) >= 11 is 0. The topological polar surface area (TPSA) is 95.7 Å². The minimum atomic E-state index is -0.293. The second-order valence-electron chi connectivity index (χ2n) is 7.39. The van der Waals surface area contributed by atoms with Crippen molar-refractivity contribution in [1.29, 1.82) is 0 Å². The van der Waals surface area contributed by atoms with Gasteiger partial charge in [0, 0.05) is 10.9 Å². The first-order valence-corrected chi connectivity index (χ1v) is 10.0. The summed E-state index contributed by atoms with van der Waals surface area (Å²) < 4.78 is 5.24. The van der Waals surface area contributed by atoms with Gasteiger partial charge in [0.1, 0.15) is 5.75 Å². The van der Waals surface area contributed by atoms with E-state index in [0.29, 0.717) is 11.0 Å². The van der Waals surface area contributed by atoms with Gasteiger partial charge in [0.2, 0.25) is 5.82 Å². The molecule has 2 aromatic heterocycles. The largest absolute Gasteiger partial charge is 0.497 e. The first kappa shape index (κ1) is 18.9. The third kappa shape index (κ3) is 3.50. The zero-order valence-corrected chi connectivity index (χ0v) is 17.1. The van der Waals surface area contributed by atoms with Crippen molar-refractivity contribution in [2.75, 3.05) is 7.11 Å². The molecule has 7 heteroatoms. The van der Waals surface area contributed by atoms with Gasteiger partial charge < -0.3 is 15.2 Å². The van der Waals surface area contributed by atoms with Crippen molar-refractivity contribution in [2.45, 2.75) is 13.0 Å². The number of nitrogens with zero attached hydrogens (tertiary/aromatic N) is 2. The van der Waals surface area contributed by atoms with Gasteiger partial charge in [-0.2, -0.15) is 0 Å². The van der Waals surface area contributed by atoms with Crippen molar-refractivity contribution < 1.29 is 9.53 Å². The molecule has 0 spiro atoms. The number of aromatic nitrogens is 4. The van der Waals surface area contributed by atoms with E-state index in [9.17, 15) is 4.79 Å². The van der Waals surface area contributed by atoms with Gasteiger partial charge in [-0.1, -0.05) is 30.3 Å². The van der Waals surface area contributed by atoms with E-state index < -0.39 is 0 Å². The van der Waals surface area contributed by atoms with Crippen molar-refractivity contribution in [2.24, 2.45) is 0 Å². The summed E-state index contributed by atoms with van der Waals surface area (Å²) in [6, 6.07) is 21.3. The van der Waals surface area contributed by atoms with E-state index in [0.717, 1.165) is 33.5 Å². The number of amides is 1. The minimum Gasteiger partial charge on any atom is -0.497 e. The second kappa shape index (κ2) is 7.60. The molecule has 0 aliphatic heterocycles. The third-order valence-corrected chi connectivity index (χ3v) is 5.39. The number of carbonyl (C=O) groups excluding carboxylic acids is 1. The van der Waals surface area contributed by atoms with Crippen LogP contribution in [-0.2, 0) is 0 Å². The summed E-state index contributed by atoms with van der Waals surface area (Å²) in [4.78, 5) is 21.6. The Hall–Kier alpha value is -4.13. The van der Waals surface area contributed by atoms with Gasteiger partial charge >= 0.3 is 0 Å². The fraction of sp³-hybridized carbons (Fsp3) is 0.125. The Balaban J connectivity index is 1.46. The lowest BCUT2D eigenvalue weighted by molar-refractivity contribution is 0.0930. The third-order valence-electron chi connectivity index (χ3n) is 5.39. The maximum Gasteiger partial charge on any atom is 0.289 e. The van der Waals surface area contributed by atoms with E-state index in [1.54, 1.807) is 7.11 Å². The van der Waals surface area contributed by atoms with Crippen LogP contribution in [0, 0.1) is 0 Å². The minimum absolute atomic E-state index is 0.138. The zero-order valence-electron chi connectivity index (χ0n) is 17.1. The molecule has 1 atom stereocenters. The zero-order chi connectivity index (χ0) is 21.4. The predicted octanol–water partition coefficient (Wildman–Crippen LogP) is 4.61. The number of hydrogen-bond acceptors (Lipinski definition) is 4.